The van der Waals surface area contributed by atoms with Gasteiger partial charge in [-0.3, -0.25) is 25.6 Å². The molecule has 1 fully saturated rings. The Morgan fingerprint density at radius 2 is 1.70 bits per heavy atom. The fourth-order valence-corrected chi connectivity index (χ4v) is 1.95. The largest absolute Gasteiger partial charge is 0.379 e. The second-order valence-corrected chi connectivity index (χ2v) is 5.08. The predicted molar refractivity (Wildman–Crippen MR) is 79.3 cm³/mol. The van der Waals surface area contributed by atoms with Crippen LogP contribution in [-0.4, -0.2) is 72.5 Å². The van der Waals surface area contributed by atoms with Crippen molar-refractivity contribution in [2.75, 3.05) is 33.1 Å². The van der Waals surface area contributed by atoms with Gasteiger partial charge in [0.25, 0.3) is 0 Å². The fourth-order valence-electron chi connectivity index (χ4n) is 1.95. The van der Waals surface area contributed by atoms with E-state index in [9.17, 15) is 14.7 Å². The van der Waals surface area contributed by atoms with E-state index < -0.39 is 12.5 Å². The highest BCUT2D eigenvalue weighted by Crippen LogP contribution is 2.12. The fraction of sp³-hybridized carbons (Fsp3) is 0.846. The number of amides is 2. The van der Waals surface area contributed by atoms with E-state index in [0.717, 1.165) is 0 Å². The third-order valence-electron chi connectivity index (χ3n) is 3.30. The Balaban J connectivity index is 1.93. The minimum absolute atomic E-state index is 0.124. The maximum atomic E-state index is 11.4. The second-order valence-electron chi connectivity index (χ2n) is 5.08. The third-order valence-corrected chi connectivity index (χ3v) is 3.30. The van der Waals surface area contributed by atoms with Gasteiger partial charge in [0, 0.05) is 32.2 Å². The number of likely N-dealkylation sites (tertiary alicyclic amines) is 1. The molecule has 1 aliphatic rings. The summed E-state index contributed by atoms with van der Waals surface area (Å²) in [4.78, 5) is 23.9. The number of ether oxygens (including phenoxy) is 2. The number of hydrazine groups is 1. The van der Waals surface area contributed by atoms with Crippen molar-refractivity contribution in [1.29, 1.82) is 0 Å². The molecule has 0 aromatic rings. The number of aliphatic hydroxyl groups is 2. The Morgan fingerprint density at radius 1 is 1.04 bits per heavy atom. The molecule has 23 heavy (non-hydrogen) atoms. The maximum absolute atomic E-state index is 11.4. The lowest BCUT2D eigenvalue weighted by molar-refractivity contribution is -0.138. The Labute approximate surface area is 134 Å². The Hall–Kier alpha value is -1.14. The molecular formula is C13H26N4O6. The monoisotopic (exact) mass is 334 g/mol. The van der Waals surface area contributed by atoms with Crippen molar-refractivity contribution in [3.05, 3.63) is 0 Å². The van der Waals surface area contributed by atoms with Gasteiger partial charge in [-0.15, -0.1) is 0 Å². The van der Waals surface area contributed by atoms with Crippen molar-refractivity contribution in [1.82, 2.24) is 15.6 Å². The van der Waals surface area contributed by atoms with Crippen LogP contribution in [0.5, 0.6) is 0 Å². The number of carbonyl (C=O) groups is 2. The Kier molecular flexibility index (Phi) is 9.87. The van der Waals surface area contributed by atoms with E-state index in [1.165, 1.54) is 4.90 Å². The van der Waals surface area contributed by atoms with Crippen LogP contribution in [0.3, 0.4) is 0 Å². The number of hydrogen-bond donors (Lipinski definition) is 5. The molecular weight excluding hydrogens is 308 g/mol. The highest BCUT2D eigenvalue weighted by molar-refractivity contribution is 6.01. The molecule has 0 saturated carbocycles. The van der Waals surface area contributed by atoms with Crippen molar-refractivity contribution in [2.45, 2.75) is 38.1 Å². The minimum atomic E-state index is -0.858. The number of rotatable bonds is 13. The van der Waals surface area contributed by atoms with Gasteiger partial charge in [-0.2, -0.15) is 0 Å². The summed E-state index contributed by atoms with van der Waals surface area (Å²) in [6.07, 6.45) is -0.513. The lowest BCUT2D eigenvalue weighted by Gasteiger charge is -2.17. The van der Waals surface area contributed by atoms with E-state index in [4.69, 9.17) is 20.4 Å². The Bertz CT molecular complexity index is 354. The normalized spacial score (nSPS) is 17.8. The van der Waals surface area contributed by atoms with Gasteiger partial charge in [-0.05, 0) is 0 Å². The van der Waals surface area contributed by atoms with E-state index in [-0.39, 0.29) is 44.4 Å². The van der Waals surface area contributed by atoms with Crippen LogP contribution in [0.15, 0.2) is 0 Å². The van der Waals surface area contributed by atoms with Gasteiger partial charge in [0.1, 0.15) is 12.5 Å². The first-order valence-electron chi connectivity index (χ1n) is 7.59. The number of carbonyl (C=O) groups excluding carboxylic acids is 2. The van der Waals surface area contributed by atoms with Crippen LogP contribution < -0.4 is 16.6 Å². The lowest BCUT2D eigenvalue weighted by Crippen LogP contribution is -2.37. The summed E-state index contributed by atoms with van der Waals surface area (Å²) >= 11 is 0. The molecule has 2 atom stereocenters. The van der Waals surface area contributed by atoms with E-state index >= 15 is 0 Å². The SMILES string of the molecule is NNC(O)CCOCCOCNC(O)CCN1C(=O)CCC1=O. The zero-order valence-corrected chi connectivity index (χ0v) is 13.1. The van der Waals surface area contributed by atoms with Gasteiger partial charge >= 0.3 is 0 Å². The first kappa shape index (κ1) is 19.9. The molecule has 0 spiro atoms. The molecule has 0 aromatic heterocycles. The first-order chi connectivity index (χ1) is 11.0. The molecule has 134 valence electrons. The van der Waals surface area contributed by atoms with Crippen molar-refractivity contribution in [2.24, 2.45) is 5.84 Å². The van der Waals surface area contributed by atoms with Gasteiger partial charge in [0.15, 0.2) is 0 Å². The van der Waals surface area contributed by atoms with Crippen LogP contribution in [0.25, 0.3) is 0 Å². The quantitative estimate of drug-likeness (QED) is 0.0817. The maximum Gasteiger partial charge on any atom is 0.229 e. The lowest BCUT2D eigenvalue weighted by atomic mass is 10.3. The van der Waals surface area contributed by atoms with Crippen LogP contribution in [0, 0.1) is 0 Å². The van der Waals surface area contributed by atoms with Gasteiger partial charge in [-0.25, -0.2) is 5.43 Å². The summed E-state index contributed by atoms with van der Waals surface area (Å²) in [7, 11) is 0. The van der Waals surface area contributed by atoms with Crippen molar-refractivity contribution in [3.63, 3.8) is 0 Å². The van der Waals surface area contributed by atoms with Gasteiger partial charge in [-0.1, -0.05) is 0 Å². The average molecular weight is 334 g/mol. The topological polar surface area (TPSA) is 146 Å². The smallest absolute Gasteiger partial charge is 0.229 e. The van der Waals surface area contributed by atoms with Gasteiger partial charge in [0.05, 0.1) is 26.6 Å². The second kappa shape index (κ2) is 11.4. The summed E-state index contributed by atoms with van der Waals surface area (Å²) < 4.78 is 10.4. The molecule has 2 unspecified atom stereocenters. The highest BCUT2D eigenvalue weighted by atomic mass is 16.5. The summed E-state index contributed by atoms with van der Waals surface area (Å²) in [6.45, 7) is 1.36. The summed E-state index contributed by atoms with van der Waals surface area (Å²) in [6, 6.07) is 0. The molecule has 0 aromatic carbocycles. The van der Waals surface area contributed by atoms with Crippen molar-refractivity contribution >= 4 is 11.8 Å². The zero-order valence-electron chi connectivity index (χ0n) is 13.1. The highest BCUT2D eigenvalue weighted by Gasteiger charge is 2.28. The molecule has 0 bridgehead atoms. The van der Waals surface area contributed by atoms with Crippen LogP contribution in [0.1, 0.15) is 25.7 Å². The number of aliphatic hydroxyl groups excluding tert-OH is 2. The number of nitrogens with two attached hydrogens (primary N) is 1. The molecule has 0 radical (unpaired) electrons. The molecule has 1 saturated heterocycles. The molecule has 10 heteroatoms. The minimum Gasteiger partial charge on any atom is -0.379 e. The standard InChI is InChI=1S/C13H26N4O6/c14-16-11(19)4-6-22-7-8-23-9-15-10(18)3-5-17-12(20)1-2-13(17)21/h10-11,15-16,18-19H,1-9,14H2. The average Bonchev–Trinajstić information content (AvgIpc) is 2.86. The third kappa shape index (κ3) is 8.32. The molecule has 2 amide bonds. The van der Waals surface area contributed by atoms with Crippen molar-refractivity contribution < 1.29 is 29.3 Å². The molecule has 1 aliphatic heterocycles. The van der Waals surface area contributed by atoms with E-state index in [1.54, 1.807) is 0 Å². The molecule has 1 rings (SSSR count). The van der Waals surface area contributed by atoms with Crippen LogP contribution >= 0.6 is 0 Å². The number of imide groups is 1. The summed E-state index contributed by atoms with van der Waals surface area (Å²) in [5.74, 6) is 4.63. The van der Waals surface area contributed by atoms with Gasteiger partial charge in [0.2, 0.25) is 11.8 Å². The first-order valence-corrected chi connectivity index (χ1v) is 7.59. The number of nitrogens with one attached hydrogen (secondary N) is 2. The zero-order chi connectivity index (χ0) is 17.1. The molecule has 0 aliphatic carbocycles. The number of hydrogen-bond acceptors (Lipinski definition) is 9. The van der Waals surface area contributed by atoms with Crippen LogP contribution in [0.2, 0.25) is 0 Å². The van der Waals surface area contributed by atoms with E-state index in [2.05, 4.69) is 10.7 Å². The molecule has 6 N–H and O–H groups in total. The summed E-state index contributed by atoms with van der Waals surface area (Å²) in [5.41, 5.74) is 2.19. The van der Waals surface area contributed by atoms with E-state index in [0.29, 0.717) is 26.2 Å². The Morgan fingerprint density at radius 3 is 2.35 bits per heavy atom. The van der Waals surface area contributed by atoms with Crippen molar-refractivity contribution in [3.8, 4) is 0 Å². The molecule has 10 nitrogen and oxygen atoms in total. The van der Waals surface area contributed by atoms with Gasteiger partial charge < -0.3 is 19.7 Å². The number of nitrogens with zero attached hydrogens (tertiary/aromatic N) is 1. The van der Waals surface area contributed by atoms with Crippen LogP contribution in [-0.2, 0) is 19.1 Å². The van der Waals surface area contributed by atoms with E-state index in [1.807, 2.05) is 0 Å². The summed E-state index contributed by atoms with van der Waals surface area (Å²) in [5, 5.41) is 21.5. The van der Waals surface area contributed by atoms with Crippen LogP contribution in [0.4, 0.5) is 0 Å². The molecule has 1 heterocycles. The predicted octanol–water partition coefficient (Wildman–Crippen LogP) is -2.40.